The summed E-state index contributed by atoms with van der Waals surface area (Å²) >= 11 is 1.04. The molecule has 0 aliphatic carbocycles. The highest BCUT2D eigenvalue weighted by Gasteiger charge is 2.34. The van der Waals surface area contributed by atoms with Crippen molar-refractivity contribution in [1.29, 1.82) is 0 Å². The lowest BCUT2D eigenvalue weighted by atomic mass is 10.0. The van der Waals surface area contributed by atoms with E-state index in [-0.39, 0.29) is 12.1 Å². The minimum atomic E-state index is -4.51. The largest absolute Gasteiger partial charge is 0.417 e. The van der Waals surface area contributed by atoms with Crippen LogP contribution in [0, 0.1) is 6.92 Å². The van der Waals surface area contributed by atoms with Crippen LogP contribution >= 0.6 is 11.3 Å². The number of thiophene rings is 1. The molecule has 2 aromatic heterocycles. The van der Waals surface area contributed by atoms with Gasteiger partial charge in [0, 0.05) is 24.0 Å². The highest BCUT2D eigenvalue weighted by atomic mass is 32.1. The third kappa shape index (κ3) is 2.78. The van der Waals surface area contributed by atoms with E-state index in [1.54, 1.807) is 6.92 Å². The number of hydrogen-bond donors (Lipinski definition) is 0. The van der Waals surface area contributed by atoms with E-state index in [2.05, 4.69) is 0 Å². The second-order valence-electron chi connectivity index (χ2n) is 6.08. The van der Waals surface area contributed by atoms with Gasteiger partial charge in [0.1, 0.15) is 4.83 Å². The van der Waals surface area contributed by atoms with Crippen LogP contribution in [0.25, 0.3) is 20.7 Å². The third-order valence-corrected chi connectivity index (χ3v) is 5.74. The maximum atomic E-state index is 13.4. The summed E-state index contributed by atoms with van der Waals surface area (Å²) in [6.45, 7) is 3.75. The first kappa shape index (κ1) is 18.4. The molecule has 4 nitrogen and oxygen atoms in total. The van der Waals surface area contributed by atoms with E-state index < -0.39 is 23.0 Å². The van der Waals surface area contributed by atoms with Gasteiger partial charge in [0.05, 0.1) is 10.9 Å². The molecule has 0 atom stereocenters. The number of hydrogen-bond acceptors (Lipinski definition) is 3. The molecule has 0 amide bonds. The second kappa shape index (κ2) is 6.42. The Morgan fingerprint density at radius 2 is 1.81 bits per heavy atom. The summed E-state index contributed by atoms with van der Waals surface area (Å²) in [7, 11) is 1.53. The molecule has 1 aromatic carbocycles. The van der Waals surface area contributed by atoms with Gasteiger partial charge in [-0.2, -0.15) is 13.2 Å². The predicted molar refractivity (Wildman–Crippen MR) is 96.8 cm³/mol. The van der Waals surface area contributed by atoms with E-state index in [4.69, 9.17) is 0 Å². The van der Waals surface area contributed by atoms with Crippen molar-refractivity contribution in [2.75, 3.05) is 0 Å². The van der Waals surface area contributed by atoms with Crippen LogP contribution in [0.3, 0.4) is 0 Å². The van der Waals surface area contributed by atoms with E-state index in [9.17, 15) is 22.8 Å². The zero-order valence-corrected chi connectivity index (χ0v) is 15.3. The number of aryl methyl sites for hydroxylation is 2. The Hall–Kier alpha value is -2.35. The minimum absolute atomic E-state index is 0.0209. The van der Waals surface area contributed by atoms with Gasteiger partial charge in [0.15, 0.2) is 0 Å². The number of rotatable bonds is 3. The Kier molecular flexibility index (Phi) is 4.56. The van der Waals surface area contributed by atoms with Crippen molar-refractivity contribution < 1.29 is 13.2 Å². The summed E-state index contributed by atoms with van der Waals surface area (Å²) in [5.74, 6) is 0. The van der Waals surface area contributed by atoms with Crippen molar-refractivity contribution in [3.63, 3.8) is 0 Å². The lowest BCUT2D eigenvalue weighted by molar-refractivity contribution is -0.137. The van der Waals surface area contributed by atoms with Crippen LogP contribution in [-0.2, 0) is 19.8 Å². The van der Waals surface area contributed by atoms with Crippen LogP contribution in [0.2, 0.25) is 0 Å². The normalized spacial score (nSPS) is 12.1. The van der Waals surface area contributed by atoms with Crippen LogP contribution in [0.15, 0.2) is 33.9 Å². The smallest absolute Gasteiger partial charge is 0.287 e. The molecule has 0 unspecified atom stereocenters. The van der Waals surface area contributed by atoms with E-state index >= 15 is 0 Å². The van der Waals surface area contributed by atoms with Gasteiger partial charge in [0.2, 0.25) is 0 Å². The number of benzene rings is 1. The predicted octanol–water partition coefficient (Wildman–Crippen LogP) is 4.17. The molecule has 0 saturated carbocycles. The topological polar surface area (TPSA) is 44.0 Å². The summed E-state index contributed by atoms with van der Waals surface area (Å²) < 4.78 is 42.7. The number of fused-ring (bicyclic) bond motifs is 1. The fourth-order valence-corrected chi connectivity index (χ4v) is 4.38. The van der Waals surface area contributed by atoms with Crippen molar-refractivity contribution in [2.45, 2.75) is 33.0 Å². The average Bonchev–Trinajstić information content (AvgIpc) is 2.93. The Morgan fingerprint density at radius 1 is 1.15 bits per heavy atom. The maximum Gasteiger partial charge on any atom is 0.417 e. The molecule has 138 valence electrons. The van der Waals surface area contributed by atoms with E-state index in [1.165, 1.54) is 29.8 Å². The first-order valence-electron chi connectivity index (χ1n) is 8.08. The van der Waals surface area contributed by atoms with Crippen LogP contribution in [0.5, 0.6) is 0 Å². The fourth-order valence-electron chi connectivity index (χ4n) is 3.08. The molecule has 0 saturated heterocycles. The van der Waals surface area contributed by atoms with Crippen molar-refractivity contribution in [3.05, 3.63) is 56.2 Å². The summed E-state index contributed by atoms with van der Waals surface area (Å²) in [4.78, 5) is 25.9. The van der Waals surface area contributed by atoms with Crippen LogP contribution in [-0.4, -0.2) is 9.13 Å². The monoisotopic (exact) mass is 382 g/mol. The van der Waals surface area contributed by atoms with Gasteiger partial charge < -0.3 is 0 Å². The van der Waals surface area contributed by atoms with Gasteiger partial charge in [-0.05, 0) is 25.0 Å². The highest BCUT2D eigenvalue weighted by molar-refractivity contribution is 7.22. The molecule has 0 radical (unpaired) electrons. The zero-order chi connectivity index (χ0) is 19.2. The second-order valence-corrected chi connectivity index (χ2v) is 7.08. The first-order valence-corrected chi connectivity index (χ1v) is 8.89. The Balaban J connectivity index is 2.41. The molecule has 0 bridgehead atoms. The van der Waals surface area contributed by atoms with Crippen molar-refractivity contribution in [3.8, 4) is 10.4 Å². The maximum absolute atomic E-state index is 13.4. The molecule has 0 aliphatic heterocycles. The fraction of sp³-hybridized carbons (Fsp3) is 0.333. The molecule has 0 fully saturated rings. The number of aromatic nitrogens is 2. The summed E-state index contributed by atoms with van der Waals surface area (Å²) in [5, 5.41) is 0.303. The van der Waals surface area contributed by atoms with E-state index in [0.717, 1.165) is 22.0 Å². The molecular weight excluding hydrogens is 365 g/mol. The SMILES string of the molecule is CCCn1c(=O)c2c(C)c(-c3ccccc3C(F)(F)F)sc2n(C)c1=O. The molecule has 8 heteroatoms. The van der Waals surface area contributed by atoms with Gasteiger partial charge >= 0.3 is 11.9 Å². The van der Waals surface area contributed by atoms with Gasteiger partial charge in [-0.3, -0.25) is 13.9 Å². The summed E-state index contributed by atoms with van der Waals surface area (Å²) in [5.41, 5.74) is -1.18. The molecule has 2 heterocycles. The van der Waals surface area contributed by atoms with Crippen LogP contribution < -0.4 is 11.2 Å². The molecule has 3 aromatic rings. The Bertz CT molecular complexity index is 1110. The highest BCUT2D eigenvalue weighted by Crippen LogP contribution is 2.42. The molecule has 0 N–H and O–H groups in total. The molecule has 26 heavy (non-hydrogen) atoms. The quantitative estimate of drug-likeness (QED) is 0.683. The van der Waals surface area contributed by atoms with Crippen molar-refractivity contribution in [2.24, 2.45) is 7.05 Å². The molecular formula is C18H17F3N2O2S. The number of halogens is 3. The molecule has 3 rings (SSSR count). The molecule has 0 aliphatic rings. The van der Waals surface area contributed by atoms with E-state index in [0.29, 0.717) is 27.1 Å². The van der Waals surface area contributed by atoms with E-state index in [1.807, 2.05) is 6.92 Å². The first-order chi connectivity index (χ1) is 12.2. The summed E-state index contributed by atoms with van der Waals surface area (Å²) in [6.07, 6.45) is -3.90. The standard InChI is InChI=1S/C18H17F3N2O2S/c1-4-9-23-15(24)13-10(2)14(26-16(13)22(3)17(23)25)11-7-5-6-8-12(11)18(19,20)21/h5-8H,4,9H2,1-3H3. The van der Waals surface area contributed by atoms with Crippen LogP contribution in [0.4, 0.5) is 13.2 Å². The lowest BCUT2D eigenvalue weighted by Gasteiger charge is -2.12. The minimum Gasteiger partial charge on any atom is -0.287 e. The van der Waals surface area contributed by atoms with Gasteiger partial charge in [-0.25, -0.2) is 4.79 Å². The van der Waals surface area contributed by atoms with Crippen molar-refractivity contribution in [1.82, 2.24) is 9.13 Å². The third-order valence-electron chi connectivity index (χ3n) is 4.33. The Morgan fingerprint density at radius 3 is 2.42 bits per heavy atom. The Labute approximate surface area is 151 Å². The lowest BCUT2D eigenvalue weighted by Crippen LogP contribution is -2.38. The molecule has 0 spiro atoms. The van der Waals surface area contributed by atoms with Crippen molar-refractivity contribution >= 4 is 21.6 Å². The average molecular weight is 382 g/mol. The van der Waals surface area contributed by atoms with Gasteiger partial charge in [-0.1, -0.05) is 25.1 Å². The van der Waals surface area contributed by atoms with Gasteiger partial charge in [-0.15, -0.1) is 11.3 Å². The van der Waals surface area contributed by atoms with Gasteiger partial charge in [0.25, 0.3) is 5.56 Å². The zero-order valence-electron chi connectivity index (χ0n) is 14.5. The summed E-state index contributed by atoms with van der Waals surface area (Å²) in [6, 6.07) is 5.28. The van der Waals surface area contributed by atoms with Crippen LogP contribution in [0.1, 0.15) is 24.5 Å². The number of nitrogens with zero attached hydrogens (tertiary/aromatic N) is 2. The number of alkyl halides is 3.